The molecule has 0 N–H and O–H groups in total. The minimum absolute atomic E-state index is 0.0370. The summed E-state index contributed by atoms with van der Waals surface area (Å²) in [6.07, 6.45) is 12.1. The molecule has 0 aromatic heterocycles. The van der Waals surface area contributed by atoms with E-state index >= 15 is 0 Å². The van der Waals surface area contributed by atoms with Crippen molar-refractivity contribution in [3.63, 3.8) is 0 Å². The van der Waals surface area contributed by atoms with Crippen LogP contribution in [0.15, 0.2) is 46.2 Å². The molecular formula is C30H36O6S2. The van der Waals surface area contributed by atoms with Crippen LogP contribution in [0.3, 0.4) is 0 Å². The normalized spacial score (nSPS) is 20.5. The number of sulfone groups is 2. The van der Waals surface area contributed by atoms with Crippen LogP contribution in [0.5, 0.6) is 0 Å². The van der Waals surface area contributed by atoms with Crippen LogP contribution in [0.25, 0.3) is 0 Å². The summed E-state index contributed by atoms with van der Waals surface area (Å²) < 4.78 is 54.0. The predicted octanol–water partition coefficient (Wildman–Crippen LogP) is 6.24. The monoisotopic (exact) mass is 556 g/mol. The maximum atomic E-state index is 13.6. The second kappa shape index (κ2) is 11.0. The first-order valence-electron chi connectivity index (χ1n) is 14.1. The minimum Gasteiger partial charge on any atom is -0.289 e. The summed E-state index contributed by atoms with van der Waals surface area (Å²) in [5, 5.41) is -0.994. The van der Waals surface area contributed by atoms with Gasteiger partial charge in [0.1, 0.15) is 0 Å². The van der Waals surface area contributed by atoms with E-state index in [2.05, 4.69) is 0 Å². The van der Waals surface area contributed by atoms with Crippen molar-refractivity contribution in [2.24, 2.45) is 0 Å². The number of carbonyl (C=O) groups excluding carboxylic acids is 2. The molecule has 0 unspecified atom stereocenters. The first-order valence-corrected chi connectivity index (χ1v) is 17.2. The largest absolute Gasteiger partial charge is 0.289 e. The molecule has 2 saturated carbocycles. The smallest absolute Gasteiger partial charge is 0.194 e. The van der Waals surface area contributed by atoms with Crippen molar-refractivity contribution in [3.05, 3.63) is 58.7 Å². The van der Waals surface area contributed by atoms with Crippen LogP contribution >= 0.6 is 0 Å². The highest BCUT2D eigenvalue weighted by Crippen LogP contribution is 2.35. The van der Waals surface area contributed by atoms with E-state index in [0.717, 1.165) is 64.2 Å². The van der Waals surface area contributed by atoms with Gasteiger partial charge in [-0.25, -0.2) is 16.8 Å². The van der Waals surface area contributed by atoms with Crippen LogP contribution in [-0.4, -0.2) is 38.9 Å². The number of hydrogen-bond acceptors (Lipinski definition) is 6. The zero-order chi connectivity index (χ0) is 26.9. The summed E-state index contributed by atoms with van der Waals surface area (Å²) in [4.78, 5) is 27.0. The zero-order valence-electron chi connectivity index (χ0n) is 21.8. The molecule has 0 aliphatic heterocycles. The first kappa shape index (κ1) is 27.3. The molecule has 204 valence electrons. The molecule has 3 aliphatic carbocycles. The van der Waals surface area contributed by atoms with Gasteiger partial charge in [0.05, 0.1) is 20.3 Å². The van der Waals surface area contributed by atoms with Gasteiger partial charge in [0.2, 0.25) is 0 Å². The van der Waals surface area contributed by atoms with E-state index in [-0.39, 0.29) is 37.8 Å². The number of ketones is 2. The molecule has 5 rings (SSSR count). The quantitative estimate of drug-likeness (QED) is 0.377. The highest BCUT2D eigenvalue weighted by molar-refractivity contribution is 7.92. The lowest BCUT2D eigenvalue weighted by molar-refractivity contribution is 0.0978. The third-order valence-corrected chi connectivity index (χ3v) is 13.1. The van der Waals surface area contributed by atoms with Gasteiger partial charge in [0.25, 0.3) is 0 Å². The first-order chi connectivity index (χ1) is 18.2. The summed E-state index contributed by atoms with van der Waals surface area (Å²) >= 11 is 0. The van der Waals surface area contributed by atoms with Gasteiger partial charge in [-0.15, -0.1) is 0 Å². The lowest BCUT2D eigenvalue weighted by Crippen LogP contribution is -2.26. The molecule has 0 bridgehead atoms. The van der Waals surface area contributed by atoms with Crippen molar-refractivity contribution in [2.75, 3.05) is 0 Å². The molecule has 0 atom stereocenters. The molecule has 0 spiro atoms. The number of rotatable bonds is 4. The lowest BCUT2D eigenvalue weighted by atomic mass is 9.84. The molecule has 2 aromatic rings. The van der Waals surface area contributed by atoms with E-state index in [1.54, 1.807) is 0 Å². The van der Waals surface area contributed by atoms with Crippen molar-refractivity contribution in [2.45, 2.75) is 110 Å². The van der Waals surface area contributed by atoms with Crippen molar-refractivity contribution in [3.8, 4) is 0 Å². The van der Waals surface area contributed by atoms with Crippen LogP contribution in [0, 0.1) is 0 Å². The zero-order valence-corrected chi connectivity index (χ0v) is 23.4. The standard InChI is InChI=1S/C30H36O6S2/c31-29-25-17-15-23(37(33,34)21-11-7-3-1-4-8-12-21)19-27(25)30(32)28-20-24(16-18-26(28)29)38(35,36)22-13-9-5-2-6-10-14-22/h15-22H,1-14H2. The Hall–Kier alpha value is -2.32. The second-order valence-corrected chi connectivity index (χ2v) is 15.6. The highest BCUT2D eigenvalue weighted by atomic mass is 32.2. The molecule has 0 radical (unpaired) electrons. The fraction of sp³-hybridized carbons (Fsp3) is 0.533. The highest BCUT2D eigenvalue weighted by Gasteiger charge is 2.35. The van der Waals surface area contributed by atoms with Crippen molar-refractivity contribution < 1.29 is 26.4 Å². The molecule has 0 saturated heterocycles. The SMILES string of the molecule is O=C1c2ccc(S(=O)(=O)C3CCCCCCC3)cc2C(=O)c2cc(S(=O)(=O)C3CCCCCCC3)ccc21. The fourth-order valence-corrected chi connectivity index (χ4v) is 10.1. The molecule has 0 heterocycles. The number of carbonyl (C=O) groups is 2. The van der Waals surface area contributed by atoms with Gasteiger partial charge in [0.15, 0.2) is 31.2 Å². The van der Waals surface area contributed by atoms with Crippen LogP contribution in [0.4, 0.5) is 0 Å². The molecular weight excluding hydrogens is 520 g/mol. The van der Waals surface area contributed by atoms with Gasteiger partial charge in [-0.1, -0.05) is 64.2 Å². The summed E-state index contributed by atoms with van der Waals surface area (Å²) in [5.41, 5.74) is 0.398. The Balaban J connectivity index is 1.49. The Morgan fingerprint density at radius 2 is 0.763 bits per heavy atom. The molecule has 38 heavy (non-hydrogen) atoms. The van der Waals surface area contributed by atoms with Crippen molar-refractivity contribution in [1.29, 1.82) is 0 Å². The summed E-state index contributed by atoms with van der Waals surface area (Å²) in [5.74, 6) is -0.890. The van der Waals surface area contributed by atoms with Gasteiger partial charge < -0.3 is 0 Å². The average Bonchev–Trinajstić information content (AvgIpc) is 2.86. The topological polar surface area (TPSA) is 102 Å². The maximum absolute atomic E-state index is 13.6. The van der Waals surface area contributed by atoms with E-state index in [9.17, 15) is 26.4 Å². The van der Waals surface area contributed by atoms with Crippen LogP contribution in [0.1, 0.15) is 122 Å². The second-order valence-electron chi connectivity index (χ2n) is 11.1. The van der Waals surface area contributed by atoms with Crippen molar-refractivity contribution >= 4 is 31.2 Å². The van der Waals surface area contributed by atoms with Gasteiger partial charge in [-0.3, -0.25) is 9.59 Å². The third kappa shape index (κ3) is 5.14. The van der Waals surface area contributed by atoms with E-state index in [0.29, 0.717) is 25.7 Å². The lowest BCUT2D eigenvalue weighted by Gasteiger charge is -2.23. The van der Waals surface area contributed by atoms with E-state index < -0.39 is 36.0 Å². The van der Waals surface area contributed by atoms with E-state index in [1.807, 2.05) is 0 Å². The summed E-state index contributed by atoms with van der Waals surface area (Å²) in [7, 11) is -7.33. The Labute approximate surface area is 226 Å². The molecule has 3 aliphatic rings. The Kier molecular flexibility index (Phi) is 7.92. The minimum atomic E-state index is -3.67. The number of fused-ring (bicyclic) bond motifs is 2. The molecule has 0 amide bonds. The van der Waals surface area contributed by atoms with Gasteiger partial charge >= 0.3 is 0 Å². The third-order valence-electron chi connectivity index (χ3n) is 8.60. The maximum Gasteiger partial charge on any atom is 0.194 e. The molecule has 6 nitrogen and oxygen atoms in total. The molecule has 2 aromatic carbocycles. The average molecular weight is 557 g/mol. The van der Waals surface area contributed by atoms with E-state index in [1.165, 1.54) is 36.4 Å². The number of benzene rings is 2. The van der Waals surface area contributed by atoms with Crippen molar-refractivity contribution in [1.82, 2.24) is 0 Å². The molecule has 2 fully saturated rings. The predicted molar refractivity (Wildman–Crippen MR) is 146 cm³/mol. The number of hydrogen-bond donors (Lipinski definition) is 0. The van der Waals surface area contributed by atoms with Gasteiger partial charge in [0, 0.05) is 22.3 Å². The Morgan fingerprint density at radius 1 is 0.447 bits per heavy atom. The fourth-order valence-electron chi connectivity index (χ4n) is 6.31. The summed E-state index contributed by atoms with van der Waals surface area (Å²) in [6, 6.07) is 8.43. The van der Waals surface area contributed by atoms with Gasteiger partial charge in [-0.05, 0) is 62.1 Å². The van der Waals surface area contributed by atoms with Crippen LogP contribution in [-0.2, 0) is 19.7 Å². The van der Waals surface area contributed by atoms with Crippen LogP contribution in [0.2, 0.25) is 0 Å². The van der Waals surface area contributed by atoms with Gasteiger partial charge in [-0.2, -0.15) is 0 Å². The summed E-state index contributed by atoms with van der Waals surface area (Å²) in [6.45, 7) is 0. The van der Waals surface area contributed by atoms with E-state index in [4.69, 9.17) is 0 Å². The van der Waals surface area contributed by atoms with Crippen LogP contribution < -0.4 is 0 Å². The molecule has 8 heteroatoms. The Bertz CT molecular complexity index is 1330. The Morgan fingerprint density at radius 3 is 1.13 bits per heavy atom.